The minimum absolute atomic E-state index is 0.134. The average Bonchev–Trinajstić information content (AvgIpc) is 3.11. The molecule has 1 atom stereocenters. The third-order valence-corrected chi connectivity index (χ3v) is 5.58. The summed E-state index contributed by atoms with van der Waals surface area (Å²) in [7, 11) is 0. The number of carbonyl (C=O) groups is 1. The molecule has 0 aliphatic carbocycles. The largest absolute Gasteiger partial charge is 0.308 e. The monoisotopic (exact) mass is 355 g/mol. The minimum Gasteiger partial charge on any atom is -0.308 e. The van der Waals surface area contributed by atoms with Gasteiger partial charge < -0.3 is 4.90 Å². The summed E-state index contributed by atoms with van der Waals surface area (Å²) in [5, 5.41) is 0. The van der Waals surface area contributed by atoms with E-state index in [0.717, 1.165) is 18.5 Å². The molecule has 1 fully saturated rings. The maximum Gasteiger partial charge on any atom is 0.227 e. The summed E-state index contributed by atoms with van der Waals surface area (Å²) in [6.45, 7) is 2.15. The fourth-order valence-electron chi connectivity index (χ4n) is 4.21. The van der Waals surface area contributed by atoms with Gasteiger partial charge in [-0.2, -0.15) is 0 Å². The van der Waals surface area contributed by atoms with Crippen LogP contribution in [0.1, 0.15) is 42.4 Å². The highest BCUT2D eigenvalue weighted by Gasteiger charge is 2.38. The Kier molecular flexibility index (Phi) is 5.06. The van der Waals surface area contributed by atoms with Crippen LogP contribution in [0.2, 0.25) is 0 Å². The zero-order valence-electron chi connectivity index (χ0n) is 15.7. The molecule has 1 saturated heterocycles. The second kappa shape index (κ2) is 7.79. The van der Waals surface area contributed by atoms with E-state index in [2.05, 4.69) is 79.7 Å². The third kappa shape index (κ3) is 3.52. The predicted molar refractivity (Wildman–Crippen MR) is 111 cm³/mol. The van der Waals surface area contributed by atoms with Gasteiger partial charge in [-0.05, 0) is 41.7 Å². The highest BCUT2D eigenvalue weighted by atomic mass is 16.2. The van der Waals surface area contributed by atoms with Crippen molar-refractivity contribution in [1.29, 1.82) is 0 Å². The van der Waals surface area contributed by atoms with Crippen LogP contribution in [0, 0.1) is 0 Å². The van der Waals surface area contributed by atoms with Gasteiger partial charge in [-0.1, -0.05) is 79.7 Å². The van der Waals surface area contributed by atoms with Crippen LogP contribution in [0.15, 0.2) is 84.9 Å². The Balaban J connectivity index is 1.77. The minimum atomic E-state index is 0.134. The van der Waals surface area contributed by atoms with Crippen molar-refractivity contribution in [1.82, 2.24) is 0 Å². The van der Waals surface area contributed by atoms with Crippen molar-refractivity contribution >= 4 is 11.6 Å². The maximum absolute atomic E-state index is 12.8. The van der Waals surface area contributed by atoms with Crippen molar-refractivity contribution in [3.8, 4) is 0 Å². The molecule has 0 N–H and O–H groups in total. The molecule has 3 aromatic rings. The molecule has 2 nitrogen and oxygen atoms in total. The standard InChI is InChI=1S/C25H25NO/c1-2-19-13-15-22(16-14-19)26-23(17-18-24(26)27)25(20-9-5-3-6-10-20)21-11-7-4-8-12-21/h3-16,23,25H,2,17-18H2,1H3. The summed E-state index contributed by atoms with van der Waals surface area (Å²) in [5.41, 5.74) is 4.83. The van der Waals surface area contributed by atoms with Gasteiger partial charge in [0.2, 0.25) is 5.91 Å². The van der Waals surface area contributed by atoms with Crippen LogP contribution in [0.25, 0.3) is 0 Å². The number of amides is 1. The first-order valence-electron chi connectivity index (χ1n) is 9.79. The van der Waals surface area contributed by atoms with Crippen molar-refractivity contribution in [3.05, 3.63) is 102 Å². The fraction of sp³-hybridized carbons (Fsp3) is 0.240. The molecule has 0 aromatic heterocycles. The average molecular weight is 355 g/mol. The molecule has 1 heterocycles. The van der Waals surface area contributed by atoms with Crippen molar-refractivity contribution in [2.45, 2.75) is 38.1 Å². The van der Waals surface area contributed by atoms with E-state index in [-0.39, 0.29) is 17.9 Å². The molecule has 1 aliphatic rings. The molecule has 1 aliphatic heterocycles. The summed E-state index contributed by atoms with van der Waals surface area (Å²) in [4.78, 5) is 14.9. The number of nitrogens with zero attached hydrogens (tertiary/aromatic N) is 1. The van der Waals surface area contributed by atoms with Gasteiger partial charge in [-0.25, -0.2) is 0 Å². The first kappa shape index (κ1) is 17.5. The third-order valence-electron chi connectivity index (χ3n) is 5.58. The van der Waals surface area contributed by atoms with Crippen LogP contribution in [-0.2, 0) is 11.2 Å². The highest BCUT2D eigenvalue weighted by Crippen LogP contribution is 2.39. The van der Waals surface area contributed by atoms with Crippen LogP contribution in [0.3, 0.4) is 0 Å². The van der Waals surface area contributed by atoms with Crippen molar-refractivity contribution < 1.29 is 4.79 Å². The Labute approximate surface area is 161 Å². The van der Waals surface area contributed by atoms with E-state index in [0.29, 0.717) is 6.42 Å². The Morgan fingerprint density at radius 2 is 1.41 bits per heavy atom. The predicted octanol–water partition coefficient (Wildman–Crippen LogP) is 5.58. The maximum atomic E-state index is 12.8. The summed E-state index contributed by atoms with van der Waals surface area (Å²) >= 11 is 0. The van der Waals surface area contributed by atoms with Gasteiger partial charge in [0.25, 0.3) is 0 Å². The van der Waals surface area contributed by atoms with E-state index in [1.54, 1.807) is 0 Å². The van der Waals surface area contributed by atoms with E-state index in [1.165, 1.54) is 16.7 Å². The summed E-state index contributed by atoms with van der Waals surface area (Å²) in [5.74, 6) is 0.394. The van der Waals surface area contributed by atoms with Crippen LogP contribution in [0.5, 0.6) is 0 Å². The summed E-state index contributed by atoms with van der Waals surface area (Å²) < 4.78 is 0. The zero-order valence-corrected chi connectivity index (χ0v) is 15.7. The molecular weight excluding hydrogens is 330 g/mol. The van der Waals surface area contributed by atoms with Crippen LogP contribution in [0.4, 0.5) is 5.69 Å². The number of hydrogen-bond donors (Lipinski definition) is 0. The molecule has 1 amide bonds. The van der Waals surface area contributed by atoms with E-state index >= 15 is 0 Å². The molecule has 0 bridgehead atoms. The van der Waals surface area contributed by atoms with Crippen LogP contribution < -0.4 is 4.90 Å². The van der Waals surface area contributed by atoms with Gasteiger partial charge in [-0.15, -0.1) is 0 Å². The molecule has 136 valence electrons. The van der Waals surface area contributed by atoms with Gasteiger partial charge >= 0.3 is 0 Å². The number of benzene rings is 3. The Hall–Kier alpha value is -2.87. The van der Waals surface area contributed by atoms with Crippen molar-refractivity contribution in [3.63, 3.8) is 0 Å². The molecule has 2 heteroatoms. The molecule has 27 heavy (non-hydrogen) atoms. The zero-order chi connectivity index (χ0) is 18.6. The lowest BCUT2D eigenvalue weighted by molar-refractivity contribution is -0.117. The SMILES string of the molecule is CCc1ccc(N2C(=O)CCC2C(c2ccccc2)c2ccccc2)cc1. The number of carbonyl (C=O) groups excluding carboxylic acids is 1. The van der Waals surface area contributed by atoms with E-state index in [9.17, 15) is 4.79 Å². The number of aryl methyl sites for hydroxylation is 1. The lowest BCUT2D eigenvalue weighted by atomic mass is 9.83. The number of hydrogen-bond acceptors (Lipinski definition) is 1. The van der Waals surface area contributed by atoms with E-state index < -0.39 is 0 Å². The fourth-order valence-corrected chi connectivity index (χ4v) is 4.21. The second-order valence-electron chi connectivity index (χ2n) is 7.19. The van der Waals surface area contributed by atoms with Gasteiger partial charge in [0.15, 0.2) is 0 Å². The Morgan fingerprint density at radius 3 is 1.93 bits per heavy atom. The normalized spacial score (nSPS) is 16.9. The summed E-state index contributed by atoms with van der Waals surface area (Å²) in [6.07, 6.45) is 2.49. The molecule has 4 rings (SSSR count). The van der Waals surface area contributed by atoms with E-state index in [1.807, 2.05) is 17.0 Å². The molecular formula is C25H25NO. The van der Waals surface area contributed by atoms with Crippen molar-refractivity contribution in [2.75, 3.05) is 4.90 Å². The molecule has 0 spiro atoms. The smallest absolute Gasteiger partial charge is 0.227 e. The lowest BCUT2D eigenvalue weighted by Crippen LogP contribution is -2.37. The van der Waals surface area contributed by atoms with Gasteiger partial charge in [0, 0.05) is 24.1 Å². The first-order valence-corrected chi connectivity index (χ1v) is 9.79. The second-order valence-corrected chi connectivity index (χ2v) is 7.19. The summed E-state index contributed by atoms with van der Waals surface area (Å²) in [6, 6.07) is 29.8. The quantitative estimate of drug-likeness (QED) is 0.585. The van der Waals surface area contributed by atoms with Crippen molar-refractivity contribution in [2.24, 2.45) is 0 Å². The first-order chi connectivity index (χ1) is 13.3. The highest BCUT2D eigenvalue weighted by molar-refractivity contribution is 5.96. The lowest BCUT2D eigenvalue weighted by Gasteiger charge is -2.33. The van der Waals surface area contributed by atoms with Gasteiger partial charge in [0.1, 0.15) is 0 Å². The van der Waals surface area contributed by atoms with Gasteiger partial charge in [-0.3, -0.25) is 4.79 Å². The van der Waals surface area contributed by atoms with Crippen LogP contribution in [-0.4, -0.2) is 11.9 Å². The van der Waals surface area contributed by atoms with Gasteiger partial charge in [0.05, 0.1) is 0 Å². The topological polar surface area (TPSA) is 20.3 Å². The molecule has 3 aromatic carbocycles. The number of anilines is 1. The molecule has 0 saturated carbocycles. The van der Waals surface area contributed by atoms with Crippen LogP contribution >= 0.6 is 0 Å². The number of rotatable bonds is 5. The van der Waals surface area contributed by atoms with E-state index in [4.69, 9.17) is 0 Å². The molecule has 0 radical (unpaired) electrons. The Morgan fingerprint density at radius 1 is 0.852 bits per heavy atom. The molecule has 1 unspecified atom stereocenters. The Bertz CT molecular complexity index is 847.